The van der Waals surface area contributed by atoms with Crippen LogP contribution in [0.3, 0.4) is 0 Å². The van der Waals surface area contributed by atoms with Crippen molar-refractivity contribution in [1.82, 2.24) is 0 Å². The number of benzene rings is 3. The number of fused-ring (bicyclic) bond motifs is 1. The lowest BCUT2D eigenvalue weighted by Crippen LogP contribution is -2.32. The lowest BCUT2D eigenvalue weighted by atomic mass is 10.1. The Labute approximate surface area is 142 Å². The second kappa shape index (κ2) is 6.75. The van der Waals surface area contributed by atoms with Crippen LogP contribution in [-0.4, -0.2) is 11.9 Å². The molecule has 0 heterocycles. The van der Waals surface area contributed by atoms with Gasteiger partial charge < -0.3 is 10.6 Å². The van der Waals surface area contributed by atoms with Crippen LogP contribution in [0.5, 0.6) is 0 Å². The zero-order valence-electron chi connectivity index (χ0n) is 14.3. The van der Waals surface area contributed by atoms with Gasteiger partial charge in [-0.05, 0) is 55.3 Å². The van der Waals surface area contributed by atoms with Crippen LogP contribution in [0.4, 0.5) is 11.4 Å². The first-order valence-electron chi connectivity index (χ1n) is 8.16. The third-order valence-corrected chi connectivity index (χ3v) is 4.16. The van der Waals surface area contributed by atoms with Crippen molar-refractivity contribution >= 4 is 28.1 Å². The van der Waals surface area contributed by atoms with Crippen molar-refractivity contribution < 1.29 is 4.79 Å². The van der Waals surface area contributed by atoms with Crippen molar-refractivity contribution in [2.24, 2.45) is 0 Å². The maximum Gasteiger partial charge on any atom is 0.246 e. The Bertz CT molecular complexity index is 886. The molecule has 3 nitrogen and oxygen atoms in total. The fourth-order valence-corrected chi connectivity index (χ4v) is 2.79. The molecule has 2 N–H and O–H groups in total. The van der Waals surface area contributed by atoms with E-state index in [2.05, 4.69) is 29.7 Å². The lowest BCUT2D eigenvalue weighted by Gasteiger charge is -2.17. The van der Waals surface area contributed by atoms with E-state index < -0.39 is 0 Å². The predicted octanol–water partition coefficient (Wildman–Crippen LogP) is 4.90. The Kier molecular flexibility index (Phi) is 4.52. The summed E-state index contributed by atoms with van der Waals surface area (Å²) in [6, 6.07) is 19.9. The fourth-order valence-electron chi connectivity index (χ4n) is 2.79. The minimum absolute atomic E-state index is 0.0507. The predicted molar refractivity (Wildman–Crippen MR) is 102 cm³/mol. The monoisotopic (exact) mass is 318 g/mol. The number of aryl methyl sites for hydroxylation is 2. The molecule has 0 aliphatic rings. The molecule has 0 fully saturated rings. The largest absolute Gasteiger partial charge is 0.374 e. The van der Waals surface area contributed by atoms with Crippen molar-refractivity contribution in [2.45, 2.75) is 26.8 Å². The van der Waals surface area contributed by atoms with E-state index in [1.165, 1.54) is 5.56 Å². The van der Waals surface area contributed by atoms with Crippen molar-refractivity contribution in [3.63, 3.8) is 0 Å². The molecule has 3 rings (SSSR count). The third-order valence-electron chi connectivity index (χ3n) is 4.16. The van der Waals surface area contributed by atoms with Crippen LogP contribution < -0.4 is 10.6 Å². The summed E-state index contributed by atoms with van der Waals surface area (Å²) in [5, 5.41) is 8.55. The molecule has 0 bridgehead atoms. The van der Waals surface area contributed by atoms with E-state index >= 15 is 0 Å². The molecular weight excluding hydrogens is 296 g/mol. The van der Waals surface area contributed by atoms with E-state index in [4.69, 9.17) is 0 Å². The zero-order valence-corrected chi connectivity index (χ0v) is 14.3. The first-order chi connectivity index (χ1) is 11.5. The summed E-state index contributed by atoms with van der Waals surface area (Å²) in [4.78, 5) is 12.5. The number of anilines is 2. The van der Waals surface area contributed by atoms with Crippen LogP contribution in [0, 0.1) is 13.8 Å². The summed E-state index contributed by atoms with van der Waals surface area (Å²) in [7, 11) is 0. The normalized spacial score (nSPS) is 12.0. The van der Waals surface area contributed by atoms with Gasteiger partial charge >= 0.3 is 0 Å². The summed E-state index contributed by atoms with van der Waals surface area (Å²) >= 11 is 0. The zero-order chi connectivity index (χ0) is 17.1. The highest BCUT2D eigenvalue weighted by Crippen LogP contribution is 2.20. The highest BCUT2D eigenvalue weighted by molar-refractivity contribution is 5.98. The third kappa shape index (κ3) is 3.57. The molecule has 3 aromatic rings. The van der Waals surface area contributed by atoms with Gasteiger partial charge in [0.2, 0.25) is 5.91 Å². The maximum absolute atomic E-state index is 12.5. The summed E-state index contributed by atoms with van der Waals surface area (Å²) in [6.07, 6.45) is 0. The summed E-state index contributed by atoms with van der Waals surface area (Å²) in [5.41, 5.74) is 4.15. The van der Waals surface area contributed by atoms with Crippen LogP contribution in [0.15, 0.2) is 60.7 Å². The average Bonchev–Trinajstić information content (AvgIpc) is 2.57. The maximum atomic E-state index is 12.5. The van der Waals surface area contributed by atoms with Crippen molar-refractivity contribution in [3.05, 3.63) is 71.8 Å². The highest BCUT2D eigenvalue weighted by atomic mass is 16.2. The lowest BCUT2D eigenvalue weighted by molar-refractivity contribution is -0.116. The summed E-state index contributed by atoms with van der Waals surface area (Å²) in [5.74, 6) is -0.0507. The Morgan fingerprint density at radius 1 is 0.917 bits per heavy atom. The van der Waals surface area contributed by atoms with E-state index in [1.807, 2.05) is 62.4 Å². The molecule has 0 radical (unpaired) electrons. The van der Waals surface area contributed by atoms with Gasteiger partial charge in [-0.1, -0.05) is 48.0 Å². The minimum atomic E-state index is -0.321. The van der Waals surface area contributed by atoms with Gasteiger partial charge in [-0.15, -0.1) is 0 Å². The number of carbonyl (C=O) groups excluding carboxylic acids is 1. The van der Waals surface area contributed by atoms with Gasteiger partial charge in [-0.2, -0.15) is 0 Å². The first-order valence-corrected chi connectivity index (χ1v) is 8.16. The van der Waals surface area contributed by atoms with Crippen LogP contribution in [-0.2, 0) is 4.79 Å². The number of amides is 1. The molecule has 0 aliphatic heterocycles. The fraction of sp³-hybridized carbons (Fsp3) is 0.190. The van der Waals surface area contributed by atoms with Gasteiger partial charge in [0.1, 0.15) is 6.04 Å². The smallest absolute Gasteiger partial charge is 0.246 e. The van der Waals surface area contributed by atoms with Crippen molar-refractivity contribution in [3.8, 4) is 0 Å². The second-order valence-electron chi connectivity index (χ2n) is 6.24. The highest BCUT2D eigenvalue weighted by Gasteiger charge is 2.14. The molecule has 3 aromatic carbocycles. The second-order valence-corrected chi connectivity index (χ2v) is 6.24. The van der Waals surface area contributed by atoms with E-state index in [0.29, 0.717) is 0 Å². The van der Waals surface area contributed by atoms with E-state index in [1.54, 1.807) is 0 Å². The van der Waals surface area contributed by atoms with Crippen molar-refractivity contribution in [1.29, 1.82) is 0 Å². The number of nitrogens with one attached hydrogen (secondary N) is 2. The molecule has 3 heteroatoms. The number of hydrogen-bond donors (Lipinski definition) is 2. The molecule has 122 valence electrons. The van der Waals surface area contributed by atoms with Gasteiger partial charge in [0.05, 0.1) is 0 Å². The van der Waals surface area contributed by atoms with E-state index in [9.17, 15) is 4.79 Å². The average molecular weight is 318 g/mol. The molecule has 0 saturated heterocycles. The molecule has 0 saturated carbocycles. The van der Waals surface area contributed by atoms with E-state index in [0.717, 1.165) is 27.7 Å². The molecule has 0 spiro atoms. The quantitative estimate of drug-likeness (QED) is 0.718. The molecule has 0 aromatic heterocycles. The molecule has 0 unspecified atom stereocenters. The molecular formula is C21H22N2O. The topological polar surface area (TPSA) is 41.1 Å². The van der Waals surface area contributed by atoms with Gasteiger partial charge in [0.15, 0.2) is 0 Å². The van der Waals surface area contributed by atoms with Gasteiger partial charge in [-0.3, -0.25) is 4.79 Å². The Morgan fingerprint density at radius 2 is 1.67 bits per heavy atom. The minimum Gasteiger partial charge on any atom is -0.374 e. The summed E-state index contributed by atoms with van der Waals surface area (Å²) in [6.45, 7) is 5.98. The standard InChI is InChI=1S/C21H22N2O/c1-14-8-11-20(15(2)12-14)22-16(3)21(24)23-19-10-9-17-6-4-5-7-18(17)13-19/h4-13,16,22H,1-3H3,(H,23,24)/t16-/m1/s1. The molecule has 1 amide bonds. The number of carbonyl (C=O) groups is 1. The Balaban J connectivity index is 1.70. The van der Waals surface area contributed by atoms with Crippen LogP contribution in [0.25, 0.3) is 10.8 Å². The van der Waals surface area contributed by atoms with Crippen LogP contribution in [0.1, 0.15) is 18.1 Å². The van der Waals surface area contributed by atoms with Gasteiger partial charge in [-0.25, -0.2) is 0 Å². The van der Waals surface area contributed by atoms with Crippen LogP contribution >= 0.6 is 0 Å². The number of hydrogen-bond acceptors (Lipinski definition) is 2. The molecule has 1 atom stereocenters. The van der Waals surface area contributed by atoms with Gasteiger partial charge in [0.25, 0.3) is 0 Å². The number of rotatable bonds is 4. The van der Waals surface area contributed by atoms with Gasteiger partial charge in [0, 0.05) is 11.4 Å². The SMILES string of the molecule is Cc1ccc(N[C@H](C)C(=O)Nc2ccc3ccccc3c2)c(C)c1. The van der Waals surface area contributed by atoms with E-state index in [-0.39, 0.29) is 11.9 Å². The van der Waals surface area contributed by atoms with Crippen LogP contribution in [0.2, 0.25) is 0 Å². The Hall–Kier alpha value is -2.81. The summed E-state index contributed by atoms with van der Waals surface area (Å²) < 4.78 is 0. The Morgan fingerprint density at radius 3 is 2.42 bits per heavy atom. The first kappa shape index (κ1) is 16.1. The molecule has 24 heavy (non-hydrogen) atoms. The van der Waals surface area contributed by atoms with Crippen molar-refractivity contribution in [2.75, 3.05) is 10.6 Å². The molecule has 0 aliphatic carbocycles.